The van der Waals surface area contributed by atoms with Gasteiger partial charge in [0.1, 0.15) is 16.8 Å². The third kappa shape index (κ3) is 9.80. The van der Waals surface area contributed by atoms with Crippen molar-refractivity contribution in [2.24, 2.45) is 5.73 Å². The van der Waals surface area contributed by atoms with Crippen LogP contribution in [0.15, 0.2) is 12.1 Å². The Bertz CT molecular complexity index is 1130. The van der Waals surface area contributed by atoms with Crippen LogP contribution >= 0.6 is 34.8 Å². The van der Waals surface area contributed by atoms with Gasteiger partial charge in [-0.2, -0.15) is 0 Å². The number of nitrogens with zero attached hydrogens (tertiary/aromatic N) is 4. The van der Waals surface area contributed by atoms with Crippen molar-refractivity contribution >= 4 is 64.1 Å². The Morgan fingerprint density at radius 3 is 1.84 bits per heavy atom. The summed E-state index contributed by atoms with van der Waals surface area (Å²) in [7, 11) is 2.50. The van der Waals surface area contributed by atoms with Crippen LogP contribution in [0.1, 0.15) is 59.5 Å². The second-order valence-corrected chi connectivity index (χ2v) is 8.82. The third-order valence-electron chi connectivity index (χ3n) is 5.13. The molecule has 0 amide bonds. The van der Waals surface area contributed by atoms with E-state index in [1.54, 1.807) is 0 Å². The van der Waals surface area contributed by atoms with Crippen LogP contribution in [0.25, 0.3) is 0 Å². The summed E-state index contributed by atoms with van der Waals surface area (Å²) in [4.78, 5) is 59.0. The van der Waals surface area contributed by atoms with Gasteiger partial charge in [-0.25, -0.2) is 29.5 Å². The van der Waals surface area contributed by atoms with E-state index >= 15 is 0 Å². The Morgan fingerprint density at radius 1 is 0.865 bits per heavy atom. The predicted molar refractivity (Wildman–Crippen MR) is 135 cm³/mol. The average molecular weight is 576 g/mol. The molecule has 2 heterocycles. The van der Waals surface area contributed by atoms with Crippen molar-refractivity contribution < 1.29 is 28.7 Å². The zero-order chi connectivity index (χ0) is 27.5. The van der Waals surface area contributed by atoms with E-state index < -0.39 is 11.9 Å². The van der Waals surface area contributed by atoms with Crippen molar-refractivity contribution in [3.63, 3.8) is 0 Å². The van der Waals surface area contributed by atoms with Gasteiger partial charge in [0.25, 0.3) is 0 Å². The maximum atomic E-state index is 11.5. The number of aromatic nitrogens is 4. The number of hydrogen-bond acceptors (Lipinski definition) is 12. The van der Waals surface area contributed by atoms with Crippen LogP contribution < -0.4 is 11.1 Å². The van der Waals surface area contributed by atoms with Gasteiger partial charge >= 0.3 is 11.9 Å². The minimum absolute atomic E-state index is 0.0440. The molecule has 0 bridgehead atoms. The topological polar surface area (TPSA) is 176 Å². The number of carbonyl (C=O) groups excluding carboxylic acids is 4. The van der Waals surface area contributed by atoms with Gasteiger partial charge in [0.15, 0.2) is 17.2 Å². The Labute approximate surface area is 227 Å². The molecule has 2 atom stereocenters. The van der Waals surface area contributed by atoms with E-state index in [4.69, 9.17) is 40.5 Å². The molecule has 0 saturated heterocycles. The lowest BCUT2D eigenvalue weighted by atomic mass is 10.2. The molecule has 0 radical (unpaired) electrons. The standard InChI is InChI=1S/C11H12ClN3O3.C6H4Cl2N2O2.C5H9NO/c1-18-10(17)7-5-9(15-11(12)14-7)13-6-3-2-4-8(6)16;1-12-5(11)3-2-4(7)10-6(8)9-3;6-4-2-1-3-5(4)7/h5-6H,2-4H2,1H3,(H,13,14,15);2H,1H3;4H,1-3,6H2/t6-;;4-/m0.0/s1. The Balaban J connectivity index is 0.000000217. The van der Waals surface area contributed by atoms with E-state index in [0.29, 0.717) is 18.7 Å². The average Bonchev–Trinajstić information content (AvgIpc) is 3.44. The third-order valence-corrected chi connectivity index (χ3v) is 5.67. The molecule has 0 unspecified atom stereocenters. The number of nitrogens with one attached hydrogen (secondary N) is 1. The fraction of sp³-hybridized carbons (Fsp3) is 0.455. The maximum absolute atomic E-state index is 11.5. The highest BCUT2D eigenvalue weighted by atomic mass is 35.5. The van der Waals surface area contributed by atoms with Gasteiger partial charge in [0.05, 0.1) is 26.3 Å². The molecule has 2 saturated carbocycles. The predicted octanol–water partition coefficient (Wildman–Crippen LogP) is 3.09. The number of ether oxygens (including phenoxy) is 2. The summed E-state index contributed by atoms with van der Waals surface area (Å²) < 4.78 is 8.95. The van der Waals surface area contributed by atoms with E-state index in [1.807, 2.05) is 0 Å². The van der Waals surface area contributed by atoms with Crippen molar-refractivity contribution in [1.29, 1.82) is 0 Å². The highest BCUT2D eigenvalue weighted by Gasteiger charge is 2.25. The molecule has 2 fully saturated rings. The summed E-state index contributed by atoms with van der Waals surface area (Å²) >= 11 is 16.7. The molecular weight excluding hydrogens is 551 g/mol. The number of carbonyl (C=O) groups is 4. The number of halogens is 3. The first-order valence-electron chi connectivity index (χ1n) is 11.0. The van der Waals surface area contributed by atoms with Gasteiger partial charge in [0.2, 0.25) is 10.6 Å². The van der Waals surface area contributed by atoms with Gasteiger partial charge in [-0.15, -0.1) is 0 Å². The van der Waals surface area contributed by atoms with Crippen molar-refractivity contribution in [3.05, 3.63) is 39.2 Å². The smallest absolute Gasteiger partial charge is 0.356 e. The highest BCUT2D eigenvalue weighted by molar-refractivity contribution is 6.32. The first kappa shape index (κ1) is 30.3. The largest absolute Gasteiger partial charge is 0.464 e. The first-order chi connectivity index (χ1) is 17.5. The molecule has 200 valence electrons. The normalized spacial score (nSPS) is 18.2. The molecule has 2 aliphatic carbocycles. The number of methoxy groups -OCH3 is 2. The molecule has 3 N–H and O–H groups in total. The van der Waals surface area contributed by atoms with E-state index in [9.17, 15) is 19.2 Å². The number of anilines is 1. The summed E-state index contributed by atoms with van der Waals surface area (Å²) in [5.74, 6) is -0.457. The lowest BCUT2D eigenvalue weighted by Crippen LogP contribution is -2.24. The lowest BCUT2D eigenvalue weighted by molar-refractivity contribution is -0.119. The van der Waals surface area contributed by atoms with Gasteiger partial charge in [-0.3, -0.25) is 9.59 Å². The Kier molecular flexibility index (Phi) is 12.1. The van der Waals surface area contributed by atoms with Crippen LogP contribution in [-0.2, 0) is 19.1 Å². The van der Waals surface area contributed by atoms with Crippen LogP contribution in [0.3, 0.4) is 0 Å². The van der Waals surface area contributed by atoms with Gasteiger partial charge in [0, 0.05) is 25.0 Å². The molecule has 0 spiro atoms. The number of Topliss-reactive ketones (excluding diaryl/α,β-unsaturated/α-hetero) is 2. The molecule has 2 aliphatic rings. The summed E-state index contributed by atoms with van der Waals surface area (Å²) in [6, 6.07) is 2.31. The number of rotatable bonds is 4. The van der Waals surface area contributed by atoms with E-state index in [2.05, 4.69) is 34.7 Å². The number of esters is 2. The second kappa shape index (κ2) is 14.7. The Hall–Kier alpha value is -2.93. The van der Waals surface area contributed by atoms with E-state index in [0.717, 1.165) is 25.7 Å². The fourth-order valence-electron chi connectivity index (χ4n) is 3.29. The lowest BCUT2D eigenvalue weighted by Gasteiger charge is -2.12. The van der Waals surface area contributed by atoms with Crippen molar-refractivity contribution in [1.82, 2.24) is 19.9 Å². The zero-order valence-electron chi connectivity index (χ0n) is 20.0. The molecule has 2 aromatic rings. The van der Waals surface area contributed by atoms with Gasteiger partial charge in [-0.05, 0) is 48.9 Å². The summed E-state index contributed by atoms with van der Waals surface area (Å²) in [5, 5.41) is 2.92. The minimum atomic E-state index is -0.597. The van der Waals surface area contributed by atoms with Crippen LogP contribution in [0.4, 0.5) is 5.82 Å². The van der Waals surface area contributed by atoms with Crippen LogP contribution in [-0.4, -0.2) is 69.7 Å². The zero-order valence-corrected chi connectivity index (χ0v) is 22.3. The number of nitrogens with two attached hydrogens (primary N) is 1. The van der Waals surface area contributed by atoms with Gasteiger partial charge < -0.3 is 20.5 Å². The maximum Gasteiger partial charge on any atom is 0.356 e. The van der Waals surface area contributed by atoms with Crippen molar-refractivity contribution in [2.45, 2.75) is 50.6 Å². The molecular formula is C22H25Cl3N6O6. The van der Waals surface area contributed by atoms with Crippen molar-refractivity contribution in [2.75, 3.05) is 19.5 Å². The molecule has 37 heavy (non-hydrogen) atoms. The first-order valence-corrected chi connectivity index (χ1v) is 12.2. The minimum Gasteiger partial charge on any atom is -0.464 e. The van der Waals surface area contributed by atoms with Crippen LogP contribution in [0.2, 0.25) is 15.7 Å². The van der Waals surface area contributed by atoms with Crippen molar-refractivity contribution in [3.8, 4) is 0 Å². The molecule has 2 aromatic heterocycles. The Morgan fingerprint density at radius 2 is 1.41 bits per heavy atom. The number of hydrogen-bond donors (Lipinski definition) is 2. The molecule has 12 nitrogen and oxygen atoms in total. The van der Waals surface area contributed by atoms with Gasteiger partial charge in [-0.1, -0.05) is 11.6 Å². The molecule has 15 heteroatoms. The summed E-state index contributed by atoms with van der Waals surface area (Å²) in [5.41, 5.74) is 5.43. The SMILES string of the molecule is COC(=O)c1cc(Cl)nc(Cl)n1.COC(=O)c1cc(N[C@H]2CCCC2=O)nc(Cl)n1.N[C@H]1CCCC1=O. The van der Waals surface area contributed by atoms with Crippen LogP contribution in [0, 0.1) is 0 Å². The van der Waals surface area contributed by atoms with E-state index in [-0.39, 0.29) is 50.8 Å². The summed E-state index contributed by atoms with van der Waals surface area (Å²) in [6.07, 6.45) is 4.80. The highest BCUT2D eigenvalue weighted by Crippen LogP contribution is 2.20. The molecule has 0 aromatic carbocycles. The van der Waals surface area contributed by atoms with Crippen LogP contribution in [0.5, 0.6) is 0 Å². The van der Waals surface area contributed by atoms with E-state index in [1.165, 1.54) is 26.4 Å². The molecule has 0 aliphatic heterocycles. The monoisotopic (exact) mass is 574 g/mol. The summed E-state index contributed by atoms with van der Waals surface area (Å²) in [6.45, 7) is 0. The quantitative estimate of drug-likeness (QED) is 0.310. The second-order valence-electron chi connectivity index (χ2n) is 7.76. The fourth-order valence-corrected chi connectivity index (χ4v) is 3.88. The molecule has 4 rings (SSSR count). The number of ketones is 2.